The molecule has 0 amide bonds. The molecule has 2 nitrogen and oxygen atoms in total. The van der Waals surface area contributed by atoms with Gasteiger partial charge in [-0.25, -0.2) is 0 Å². The van der Waals surface area contributed by atoms with Crippen molar-refractivity contribution in [2.45, 2.75) is 38.6 Å². The lowest BCUT2D eigenvalue weighted by Gasteiger charge is -2.42. The highest BCUT2D eigenvalue weighted by Gasteiger charge is 2.36. The first-order valence-corrected chi connectivity index (χ1v) is 5.91. The second kappa shape index (κ2) is 4.31. The zero-order valence-corrected chi connectivity index (χ0v) is 9.66. The predicted octanol–water partition coefficient (Wildman–Crippen LogP) is 2.71. The van der Waals surface area contributed by atoms with Gasteiger partial charge in [-0.15, -0.1) is 0 Å². The number of nitrogens with one attached hydrogen (secondary N) is 1. The Morgan fingerprint density at radius 1 is 1.40 bits per heavy atom. The molecular formula is C13H20N2. The van der Waals surface area contributed by atoms with Crippen molar-refractivity contribution >= 4 is 0 Å². The number of hydrogen-bond donors (Lipinski definition) is 1. The SMILES string of the molecule is CC(C)C1(c2cccnc2)CCCCN1. The first kappa shape index (κ1) is 10.6. The van der Waals surface area contributed by atoms with Gasteiger partial charge >= 0.3 is 0 Å². The minimum Gasteiger partial charge on any atom is -0.307 e. The minimum absolute atomic E-state index is 0.159. The van der Waals surface area contributed by atoms with E-state index in [4.69, 9.17) is 0 Å². The zero-order chi connectivity index (χ0) is 10.7. The summed E-state index contributed by atoms with van der Waals surface area (Å²) < 4.78 is 0. The Morgan fingerprint density at radius 2 is 2.27 bits per heavy atom. The Hall–Kier alpha value is -0.890. The number of piperidine rings is 1. The largest absolute Gasteiger partial charge is 0.307 e. The molecule has 0 aromatic carbocycles. The molecule has 1 unspecified atom stereocenters. The number of rotatable bonds is 2. The van der Waals surface area contributed by atoms with Gasteiger partial charge in [-0.2, -0.15) is 0 Å². The molecule has 1 saturated heterocycles. The molecule has 1 fully saturated rings. The van der Waals surface area contributed by atoms with Gasteiger partial charge in [0.2, 0.25) is 0 Å². The van der Waals surface area contributed by atoms with Crippen LogP contribution in [0.25, 0.3) is 0 Å². The van der Waals surface area contributed by atoms with Crippen LogP contribution in [0.3, 0.4) is 0 Å². The maximum absolute atomic E-state index is 4.25. The van der Waals surface area contributed by atoms with E-state index in [1.54, 1.807) is 0 Å². The smallest absolute Gasteiger partial charge is 0.0473 e. The molecule has 1 aliphatic heterocycles. The summed E-state index contributed by atoms with van der Waals surface area (Å²) in [7, 11) is 0. The van der Waals surface area contributed by atoms with Crippen LogP contribution >= 0.6 is 0 Å². The third-order valence-corrected chi connectivity index (χ3v) is 3.60. The second-order valence-electron chi connectivity index (χ2n) is 4.75. The molecule has 2 rings (SSSR count). The number of nitrogens with zero attached hydrogens (tertiary/aromatic N) is 1. The molecule has 1 aromatic heterocycles. The number of pyridine rings is 1. The maximum atomic E-state index is 4.25. The van der Waals surface area contributed by atoms with E-state index in [9.17, 15) is 0 Å². The molecule has 1 atom stereocenters. The van der Waals surface area contributed by atoms with E-state index in [1.807, 2.05) is 18.5 Å². The lowest BCUT2D eigenvalue weighted by atomic mass is 9.75. The molecule has 2 heteroatoms. The zero-order valence-electron chi connectivity index (χ0n) is 9.66. The van der Waals surface area contributed by atoms with Gasteiger partial charge in [0.15, 0.2) is 0 Å². The van der Waals surface area contributed by atoms with Crippen molar-refractivity contribution in [1.82, 2.24) is 10.3 Å². The van der Waals surface area contributed by atoms with Gasteiger partial charge in [-0.3, -0.25) is 4.98 Å². The standard InChI is InChI=1S/C13H20N2/c1-11(2)13(7-3-4-9-15-13)12-6-5-8-14-10-12/h5-6,8,10-11,15H,3-4,7,9H2,1-2H3. The van der Waals surface area contributed by atoms with Crippen LogP contribution in [0.2, 0.25) is 0 Å². The quantitative estimate of drug-likeness (QED) is 0.801. The fourth-order valence-corrected chi connectivity index (χ4v) is 2.63. The van der Waals surface area contributed by atoms with Crippen LogP contribution in [0.4, 0.5) is 0 Å². The molecule has 0 spiro atoms. The summed E-state index contributed by atoms with van der Waals surface area (Å²) in [4.78, 5) is 4.25. The van der Waals surface area contributed by atoms with Crippen molar-refractivity contribution in [2.24, 2.45) is 5.92 Å². The van der Waals surface area contributed by atoms with Gasteiger partial charge in [0.25, 0.3) is 0 Å². The highest BCUT2D eigenvalue weighted by atomic mass is 15.0. The van der Waals surface area contributed by atoms with Crippen LogP contribution in [0.15, 0.2) is 24.5 Å². The van der Waals surface area contributed by atoms with E-state index in [0.29, 0.717) is 5.92 Å². The Labute approximate surface area is 92.1 Å². The molecule has 1 aliphatic rings. The average molecular weight is 204 g/mol. The molecule has 0 saturated carbocycles. The third-order valence-electron chi connectivity index (χ3n) is 3.60. The summed E-state index contributed by atoms with van der Waals surface area (Å²) in [6.07, 6.45) is 7.71. The molecule has 1 N–H and O–H groups in total. The van der Waals surface area contributed by atoms with Crippen molar-refractivity contribution in [3.05, 3.63) is 30.1 Å². The molecule has 2 heterocycles. The van der Waals surface area contributed by atoms with Crippen molar-refractivity contribution < 1.29 is 0 Å². The van der Waals surface area contributed by atoms with E-state index in [0.717, 1.165) is 6.54 Å². The lowest BCUT2D eigenvalue weighted by molar-refractivity contribution is 0.184. The first-order valence-electron chi connectivity index (χ1n) is 5.91. The lowest BCUT2D eigenvalue weighted by Crippen LogP contribution is -2.49. The molecule has 15 heavy (non-hydrogen) atoms. The topological polar surface area (TPSA) is 24.9 Å². The Morgan fingerprint density at radius 3 is 2.80 bits per heavy atom. The Bertz CT molecular complexity index is 300. The monoisotopic (exact) mass is 204 g/mol. The summed E-state index contributed by atoms with van der Waals surface area (Å²) in [5, 5.41) is 3.71. The van der Waals surface area contributed by atoms with Crippen LogP contribution in [-0.4, -0.2) is 11.5 Å². The van der Waals surface area contributed by atoms with E-state index in [-0.39, 0.29) is 5.54 Å². The maximum Gasteiger partial charge on any atom is 0.0473 e. The van der Waals surface area contributed by atoms with E-state index in [2.05, 4.69) is 30.2 Å². The predicted molar refractivity (Wildman–Crippen MR) is 62.6 cm³/mol. The van der Waals surface area contributed by atoms with Crippen LogP contribution in [-0.2, 0) is 5.54 Å². The van der Waals surface area contributed by atoms with Crippen LogP contribution in [0.5, 0.6) is 0 Å². The van der Waals surface area contributed by atoms with E-state index >= 15 is 0 Å². The van der Waals surface area contributed by atoms with Crippen LogP contribution < -0.4 is 5.32 Å². The molecule has 0 radical (unpaired) electrons. The summed E-state index contributed by atoms with van der Waals surface area (Å²) in [5.74, 6) is 0.613. The second-order valence-corrected chi connectivity index (χ2v) is 4.75. The van der Waals surface area contributed by atoms with E-state index in [1.165, 1.54) is 24.8 Å². The fraction of sp³-hybridized carbons (Fsp3) is 0.615. The molecule has 82 valence electrons. The molecular weight excluding hydrogens is 184 g/mol. The number of hydrogen-bond acceptors (Lipinski definition) is 2. The van der Waals surface area contributed by atoms with Crippen LogP contribution in [0.1, 0.15) is 38.7 Å². The molecule has 1 aromatic rings. The highest BCUT2D eigenvalue weighted by molar-refractivity contribution is 5.22. The van der Waals surface area contributed by atoms with Crippen molar-refractivity contribution in [2.75, 3.05) is 6.54 Å². The summed E-state index contributed by atoms with van der Waals surface area (Å²) in [6.45, 7) is 5.73. The normalized spacial score (nSPS) is 26.9. The highest BCUT2D eigenvalue weighted by Crippen LogP contribution is 2.36. The molecule has 0 bridgehead atoms. The van der Waals surface area contributed by atoms with E-state index < -0.39 is 0 Å². The Kier molecular flexibility index (Phi) is 3.06. The fourth-order valence-electron chi connectivity index (χ4n) is 2.63. The van der Waals surface area contributed by atoms with Crippen molar-refractivity contribution in [1.29, 1.82) is 0 Å². The van der Waals surface area contributed by atoms with Gasteiger partial charge in [-0.05, 0) is 43.4 Å². The van der Waals surface area contributed by atoms with Gasteiger partial charge in [0.05, 0.1) is 0 Å². The van der Waals surface area contributed by atoms with Gasteiger partial charge in [0.1, 0.15) is 0 Å². The minimum atomic E-state index is 0.159. The third kappa shape index (κ3) is 1.91. The summed E-state index contributed by atoms with van der Waals surface area (Å²) in [6, 6.07) is 4.24. The summed E-state index contributed by atoms with van der Waals surface area (Å²) >= 11 is 0. The van der Waals surface area contributed by atoms with Gasteiger partial charge < -0.3 is 5.32 Å². The first-order chi connectivity index (χ1) is 7.26. The number of aromatic nitrogens is 1. The average Bonchev–Trinajstić information content (AvgIpc) is 2.31. The molecule has 0 aliphatic carbocycles. The van der Waals surface area contributed by atoms with Crippen molar-refractivity contribution in [3.63, 3.8) is 0 Å². The van der Waals surface area contributed by atoms with Gasteiger partial charge in [-0.1, -0.05) is 19.9 Å². The van der Waals surface area contributed by atoms with Gasteiger partial charge in [0, 0.05) is 17.9 Å². The summed E-state index contributed by atoms with van der Waals surface area (Å²) in [5.41, 5.74) is 1.51. The Balaban J connectivity index is 2.34. The van der Waals surface area contributed by atoms with Crippen LogP contribution in [0, 0.1) is 5.92 Å². The van der Waals surface area contributed by atoms with Crippen molar-refractivity contribution in [3.8, 4) is 0 Å².